The van der Waals surface area contributed by atoms with E-state index in [0.29, 0.717) is 22.9 Å². The number of benzene rings is 1. The van der Waals surface area contributed by atoms with Gasteiger partial charge in [0.25, 0.3) is 5.91 Å². The molecule has 0 bridgehead atoms. The Morgan fingerprint density at radius 1 is 1.24 bits per heavy atom. The zero-order valence-corrected chi connectivity index (χ0v) is 19.1. The van der Waals surface area contributed by atoms with Gasteiger partial charge in [-0.05, 0) is 36.6 Å². The average molecular weight is 503 g/mol. The number of rotatable bonds is 5. The molecule has 3 heterocycles. The molecule has 178 valence electrons. The third-order valence-electron chi connectivity index (χ3n) is 4.67. The highest BCUT2D eigenvalue weighted by molar-refractivity contribution is 7.29. The smallest absolute Gasteiger partial charge is 0.490 e. The minimum Gasteiger partial charge on any atom is -0.495 e. The van der Waals surface area contributed by atoms with Crippen LogP contribution in [-0.2, 0) is 11.3 Å². The number of amides is 1. The molecule has 0 radical (unpaired) electrons. The predicted molar refractivity (Wildman–Crippen MR) is 121 cm³/mol. The Hall–Kier alpha value is -2.90. The van der Waals surface area contributed by atoms with E-state index < -0.39 is 12.1 Å². The number of fused-ring (bicyclic) bond motifs is 1. The van der Waals surface area contributed by atoms with Crippen LogP contribution in [0.4, 0.5) is 24.0 Å². The Kier molecular flexibility index (Phi) is 7.76. The van der Waals surface area contributed by atoms with E-state index in [1.807, 2.05) is 24.3 Å². The molecule has 0 saturated carbocycles. The predicted octanol–water partition coefficient (Wildman–Crippen LogP) is 4.31. The summed E-state index contributed by atoms with van der Waals surface area (Å²) in [6.07, 6.45) is -2.63. The number of alkyl halides is 3. The van der Waals surface area contributed by atoms with E-state index in [9.17, 15) is 18.0 Å². The third-order valence-corrected chi connectivity index (χ3v) is 6.89. The number of nitrogens with one attached hydrogen (secondary N) is 1. The van der Waals surface area contributed by atoms with Gasteiger partial charge in [-0.1, -0.05) is 17.4 Å². The van der Waals surface area contributed by atoms with Crippen molar-refractivity contribution >= 4 is 54.9 Å². The van der Waals surface area contributed by atoms with Crippen molar-refractivity contribution in [3.63, 3.8) is 0 Å². The number of carboxylic acid groups (broad SMARTS) is 1. The lowest BCUT2D eigenvalue weighted by molar-refractivity contribution is -0.192. The van der Waals surface area contributed by atoms with Gasteiger partial charge in [0, 0.05) is 19.6 Å². The Labute approximate surface area is 194 Å². The summed E-state index contributed by atoms with van der Waals surface area (Å²) in [5, 5.41) is 11.1. The minimum absolute atomic E-state index is 0.151. The molecule has 1 saturated heterocycles. The van der Waals surface area contributed by atoms with Gasteiger partial charge in [-0.15, -0.1) is 11.3 Å². The van der Waals surface area contributed by atoms with Crippen molar-refractivity contribution in [1.82, 2.24) is 4.98 Å². The molecular weight excluding hydrogens is 481 g/mol. The van der Waals surface area contributed by atoms with Crippen LogP contribution in [-0.4, -0.2) is 48.3 Å². The second-order valence-corrected chi connectivity index (χ2v) is 9.01. The number of thiazole rings is 1. The molecule has 8 nitrogen and oxygen atoms in total. The first-order chi connectivity index (χ1) is 15.6. The molecule has 1 amide bonds. The van der Waals surface area contributed by atoms with Crippen molar-refractivity contribution < 1.29 is 32.6 Å². The lowest BCUT2D eigenvalue weighted by atomic mass is 10.2. The number of aliphatic carboxylic acids is 1. The number of nitrogens with two attached hydrogens (primary N) is 1. The molecule has 3 aromatic rings. The van der Waals surface area contributed by atoms with E-state index in [-0.39, 0.29) is 5.91 Å². The van der Waals surface area contributed by atoms with Crippen LogP contribution in [0.5, 0.6) is 5.75 Å². The summed E-state index contributed by atoms with van der Waals surface area (Å²) >= 11 is 3.08. The molecule has 0 unspecified atom stereocenters. The SMILES string of the molecule is COc1cc(CN)ccc1NC(=O)c1cc2sc(N3CCCC3)nc2s1.O=C(O)C(F)(F)F. The van der Waals surface area contributed by atoms with Gasteiger partial charge in [-0.2, -0.15) is 13.2 Å². The zero-order chi connectivity index (χ0) is 24.2. The number of carboxylic acids is 1. The first kappa shape index (κ1) is 24.7. The van der Waals surface area contributed by atoms with Gasteiger partial charge < -0.3 is 25.8 Å². The van der Waals surface area contributed by atoms with Gasteiger partial charge in [0.15, 0.2) is 5.13 Å². The van der Waals surface area contributed by atoms with Crippen LogP contribution >= 0.6 is 22.7 Å². The maximum Gasteiger partial charge on any atom is 0.490 e. The molecule has 1 aliphatic rings. The second-order valence-electron chi connectivity index (χ2n) is 6.97. The Balaban J connectivity index is 0.000000383. The minimum atomic E-state index is -5.08. The summed E-state index contributed by atoms with van der Waals surface area (Å²) < 4.78 is 38.2. The van der Waals surface area contributed by atoms with Gasteiger partial charge in [0.05, 0.1) is 22.4 Å². The quantitative estimate of drug-likeness (QED) is 0.476. The maximum absolute atomic E-state index is 12.6. The highest BCUT2D eigenvalue weighted by Gasteiger charge is 2.38. The van der Waals surface area contributed by atoms with E-state index in [2.05, 4.69) is 10.2 Å². The number of aromatic nitrogens is 1. The molecule has 1 fully saturated rings. The van der Waals surface area contributed by atoms with Crippen LogP contribution in [0.2, 0.25) is 0 Å². The molecule has 1 aliphatic heterocycles. The molecule has 4 N–H and O–H groups in total. The number of hydrogen-bond acceptors (Lipinski definition) is 8. The molecule has 33 heavy (non-hydrogen) atoms. The maximum atomic E-state index is 12.6. The summed E-state index contributed by atoms with van der Waals surface area (Å²) in [7, 11) is 1.58. The van der Waals surface area contributed by atoms with Crippen molar-refractivity contribution in [2.75, 3.05) is 30.4 Å². The molecule has 0 aliphatic carbocycles. The van der Waals surface area contributed by atoms with Crippen molar-refractivity contribution in [2.24, 2.45) is 5.73 Å². The molecule has 0 spiro atoms. The Morgan fingerprint density at radius 3 is 2.45 bits per heavy atom. The standard InChI is InChI=1S/C18H20N4O2S2.C2HF3O2/c1-24-13-8-11(10-19)4-5-12(13)20-16(23)14-9-15-17(25-14)21-18(26-15)22-6-2-3-7-22;3-2(4,5)1(6)7/h4-5,8-9H,2-3,6-7,10,19H2,1H3,(H,20,23);(H,6,7). The van der Waals surface area contributed by atoms with Gasteiger partial charge in [-0.3, -0.25) is 4.79 Å². The lowest BCUT2D eigenvalue weighted by Crippen LogP contribution is -2.21. The monoisotopic (exact) mass is 502 g/mol. The molecule has 4 rings (SSSR count). The van der Waals surface area contributed by atoms with Gasteiger partial charge in [-0.25, -0.2) is 9.78 Å². The molecule has 1 aromatic carbocycles. The fourth-order valence-electron chi connectivity index (χ4n) is 3.03. The zero-order valence-electron chi connectivity index (χ0n) is 17.4. The highest BCUT2D eigenvalue weighted by Crippen LogP contribution is 2.36. The van der Waals surface area contributed by atoms with Crippen LogP contribution in [0.3, 0.4) is 0 Å². The van der Waals surface area contributed by atoms with Crippen molar-refractivity contribution in [2.45, 2.75) is 25.6 Å². The molecule has 2 aromatic heterocycles. The fraction of sp³-hybridized carbons (Fsp3) is 0.350. The second kappa shape index (κ2) is 10.4. The number of hydrogen-bond donors (Lipinski definition) is 3. The number of carbonyl (C=O) groups excluding carboxylic acids is 1. The first-order valence-electron chi connectivity index (χ1n) is 9.76. The number of anilines is 2. The van der Waals surface area contributed by atoms with Gasteiger partial charge in [0.2, 0.25) is 0 Å². The normalized spacial score (nSPS) is 13.5. The van der Waals surface area contributed by atoms with Crippen LogP contribution in [0.15, 0.2) is 24.3 Å². The number of thiophene rings is 1. The van der Waals surface area contributed by atoms with Crippen molar-refractivity contribution in [3.8, 4) is 5.75 Å². The van der Waals surface area contributed by atoms with E-state index in [1.165, 1.54) is 24.2 Å². The van der Waals surface area contributed by atoms with Gasteiger partial charge in [0.1, 0.15) is 10.6 Å². The summed E-state index contributed by atoms with van der Waals surface area (Å²) in [6.45, 7) is 2.58. The average Bonchev–Trinajstić information content (AvgIpc) is 3.49. The summed E-state index contributed by atoms with van der Waals surface area (Å²) in [4.78, 5) is 30.1. The molecule has 0 atom stereocenters. The number of methoxy groups -OCH3 is 1. The van der Waals surface area contributed by atoms with Crippen LogP contribution in [0, 0.1) is 0 Å². The van der Waals surface area contributed by atoms with Crippen LogP contribution in [0.1, 0.15) is 28.1 Å². The number of halogens is 3. The largest absolute Gasteiger partial charge is 0.495 e. The molecular formula is C20H21F3N4O4S2. The highest BCUT2D eigenvalue weighted by atomic mass is 32.1. The van der Waals surface area contributed by atoms with E-state index in [1.54, 1.807) is 18.4 Å². The lowest BCUT2D eigenvalue weighted by Gasteiger charge is -2.12. The van der Waals surface area contributed by atoms with Crippen LogP contribution in [0.25, 0.3) is 9.53 Å². The summed E-state index contributed by atoms with van der Waals surface area (Å²) in [5.74, 6) is -2.30. The fourth-order valence-corrected chi connectivity index (χ4v) is 5.19. The Bertz CT molecular complexity index is 1110. The number of carbonyl (C=O) groups is 2. The van der Waals surface area contributed by atoms with Crippen LogP contribution < -0.4 is 20.7 Å². The van der Waals surface area contributed by atoms with E-state index >= 15 is 0 Å². The van der Waals surface area contributed by atoms with E-state index in [0.717, 1.165) is 33.3 Å². The number of nitrogens with zero attached hydrogens (tertiary/aromatic N) is 2. The first-order valence-corrected chi connectivity index (χ1v) is 11.4. The van der Waals surface area contributed by atoms with E-state index in [4.69, 9.17) is 25.4 Å². The van der Waals surface area contributed by atoms with Crippen molar-refractivity contribution in [3.05, 3.63) is 34.7 Å². The third kappa shape index (κ3) is 6.12. The van der Waals surface area contributed by atoms with Gasteiger partial charge >= 0.3 is 12.1 Å². The molecule has 13 heteroatoms. The summed E-state index contributed by atoms with van der Waals surface area (Å²) in [5.41, 5.74) is 7.24. The Morgan fingerprint density at radius 2 is 1.91 bits per heavy atom. The number of ether oxygens (including phenoxy) is 1. The topological polar surface area (TPSA) is 118 Å². The van der Waals surface area contributed by atoms with Crippen molar-refractivity contribution in [1.29, 1.82) is 0 Å². The summed E-state index contributed by atoms with van der Waals surface area (Å²) in [6, 6.07) is 7.47.